The normalized spacial score (nSPS) is 20.6. The number of carbonyl (C=O) groups is 1. The van der Waals surface area contributed by atoms with Crippen LogP contribution in [0.3, 0.4) is 0 Å². The molecular formula is C17H28N2OS. The Bertz CT molecular complexity index is 481. The molecule has 0 bridgehead atoms. The number of rotatable bonds is 5. The fourth-order valence-corrected chi connectivity index (χ4v) is 4.16. The van der Waals surface area contributed by atoms with Crippen LogP contribution in [-0.2, 0) is 11.2 Å². The third-order valence-electron chi connectivity index (χ3n) is 4.53. The average molecular weight is 308 g/mol. The van der Waals surface area contributed by atoms with Crippen LogP contribution in [-0.4, -0.2) is 29.9 Å². The van der Waals surface area contributed by atoms with Crippen molar-refractivity contribution >= 4 is 17.2 Å². The van der Waals surface area contributed by atoms with Crippen molar-refractivity contribution in [3.63, 3.8) is 0 Å². The molecule has 0 radical (unpaired) electrons. The largest absolute Gasteiger partial charge is 0.342 e. The molecule has 118 valence electrons. The number of piperidine rings is 1. The Labute approximate surface area is 132 Å². The van der Waals surface area contributed by atoms with Crippen molar-refractivity contribution in [3.05, 3.63) is 21.4 Å². The van der Waals surface area contributed by atoms with Crippen molar-refractivity contribution in [1.29, 1.82) is 0 Å². The van der Waals surface area contributed by atoms with Crippen molar-refractivity contribution in [2.45, 2.75) is 58.9 Å². The van der Waals surface area contributed by atoms with Gasteiger partial charge in [0.2, 0.25) is 5.91 Å². The fraction of sp³-hybridized carbons (Fsp3) is 0.706. The first-order valence-corrected chi connectivity index (χ1v) is 8.88. The number of amides is 1. The van der Waals surface area contributed by atoms with Gasteiger partial charge in [-0.15, -0.1) is 11.3 Å². The van der Waals surface area contributed by atoms with Crippen molar-refractivity contribution in [1.82, 2.24) is 4.90 Å². The second-order valence-corrected chi connectivity index (χ2v) is 7.85. The Morgan fingerprint density at radius 2 is 2.29 bits per heavy atom. The average Bonchev–Trinajstić information content (AvgIpc) is 2.77. The van der Waals surface area contributed by atoms with Gasteiger partial charge in [-0.3, -0.25) is 4.79 Å². The molecule has 0 spiro atoms. The van der Waals surface area contributed by atoms with Crippen LogP contribution in [0.4, 0.5) is 0 Å². The molecule has 0 aliphatic carbocycles. The third-order valence-corrected chi connectivity index (χ3v) is 5.54. The molecule has 1 aliphatic heterocycles. The number of hydrogen-bond acceptors (Lipinski definition) is 3. The van der Waals surface area contributed by atoms with Gasteiger partial charge in [0.15, 0.2) is 0 Å². The van der Waals surface area contributed by atoms with Gasteiger partial charge in [0.1, 0.15) is 0 Å². The first-order valence-electron chi connectivity index (χ1n) is 8.06. The van der Waals surface area contributed by atoms with Crippen LogP contribution in [0, 0.1) is 19.8 Å². The molecule has 21 heavy (non-hydrogen) atoms. The molecule has 1 aromatic heterocycles. The van der Waals surface area contributed by atoms with Gasteiger partial charge in [0.05, 0.1) is 0 Å². The van der Waals surface area contributed by atoms with Crippen molar-refractivity contribution in [2.75, 3.05) is 13.1 Å². The van der Waals surface area contributed by atoms with Gasteiger partial charge < -0.3 is 10.6 Å². The van der Waals surface area contributed by atoms with E-state index in [4.69, 9.17) is 5.73 Å². The SMILES string of the molecule is Cc1cc(CCCC(=O)N2CCC[C@@H]([C@H](C)N)C2)c(C)s1. The molecule has 2 N–H and O–H groups in total. The van der Waals surface area contributed by atoms with Crippen LogP contribution >= 0.6 is 11.3 Å². The maximum absolute atomic E-state index is 12.3. The lowest BCUT2D eigenvalue weighted by Gasteiger charge is -2.34. The lowest BCUT2D eigenvalue weighted by atomic mass is 9.92. The van der Waals surface area contributed by atoms with Crippen LogP contribution < -0.4 is 5.73 Å². The third kappa shape index (κ3) is 4.55. The van der Waals surface area contributed by atoms with Gasteiger partial charge in [-0.25, -0.2) is 0 Å². The van der Waals surface area contributed by atoms with Crippen LogP contribution in [0.15, 0.2) is 6.07 Å². The van der Waals surface area contributed by atoms with Crippen LogP contribution in [0.25, 0.3) is 0 Å². The topological polar surface area (TPSA) is 46.3 Å². The van der Waals surface area contributed by atoms with Gasteiger partial charge >= 0.3 is 0 Å². The monoisotopic (exact) mass is 308 g/mol. The van der Waals surface area contributed by atoms with E-state index < -0.39 is 0 Å². The summed E-state index contributed by atoms with van der Waals surface area (Å²) >= 11 is 1.85. The van der Waals surface area contributed by atoms with Crippen molar-refractivity contribution < 1.29 is 4.79 Å². The molecule has 1 amide bonds. The molecule has 2 rings (SSSR count). The smallest absolute Gasteiger partial charge is 0.222 e. The second-order valence-electron chi connectivity index (χ2n) is 6.39. The summed E-state index contributed by atoms with van der Waals surface area (Å²) in [6, 6.07) is 2.45. The molecule has 0 aromatic carbocycles. The Morgan fingerprint density at radius 3 is 2.90 bits per heavy atom. The van der Waals surface area contributed by atoms with Crippen molar-refractivity contribution in [3.8, 4) is 0 Å². The number of nitrogens with zero attached hydrogens (tertiary/aromatic N) is 1. The predicted molar refractivity (Wildman–Crippen MR) is 89.7 cm³/mol. The minimum absolute atomic E-state index is 0.192. The molecule has 1 aromatic rings. The molecule has 1 fully saturated rings. The number of carbonyl (C=O) groups excluding carboxylic acids is 1. The highest BCUT2D eigenvalue weighted by Crippen LogP contribution is 2.23. The fourth-order valence-electron chi connectivity index (χ4n) is 3.19. The van der Waals surface area contributed by atoms with Gasteiger partial charge in [-0.05, 0) is 64.0 Å². The van der Waals surface area contributed by atoms with Gasteiger partial charge in [-0.1, -0.05) is 0 Å². The number of hydrogen-bond donors (Lipinski definition) is 1. The highest BCUT2D eigenvalue weighted by atomic mass is 32.1. The number of nitrogens with two attached hydrogens (primary N) is 1. The first kappa shape index (κ1) is 16.5. The Hall–Kier alpha value is -0.870. The van der Waals surface area contributed by atoms with E-state index in [-0.39, 0.29) is 6.04 Å². The molecular weight excluding hydrogens is 280 g/mol. The lowest BCUT2D eigenvalue weighted by Crippen LogP contribution is -2.45. The van der Waals surface area contributed by atoms with Gasteiger partial charge in [0, 0.05) is 35.3 Å². The molecule has 0 unspecified atom stereocenters. The molecule has 0 saturated carbocycles. The molecule has 1 saturated heterocycles. The summed E-state index contributed by atoms with van der Waals surface area (Å²) in [6.07, 6.45) is 4.90. The van der Waals surface area contributed by atoms with E-state index in [1.165, 1.54) is 15.3 Å². The van der Waals surface area contributed by atoms with Gasteiger partial charge in [0.25, 0.3) is 0 Å². The number of aryl methyl sites for hydroxylation is 3. The second kappa shape index (κ2) is 7.41. The van der Waals surface area contributed by atoms with E-state index in [0.29, 0.717) is 18.2 Å². The Kier molecular flexibility index (Phi) is 5.82. The van der Waals surface area contributed by atoms with Gasteiger partial charge in [-0.2, -0.15) is 0 Å². The quantitative estimate of drug-likeness (QED) is 0.907. The van der Waals surface area contributed by atoms with E-state index in [9.17, 15) is 4.79 Å². The standard InChI is InChI=1S/C17H28N2OS/c1-12-10-15(14(3)21-12)6-4-8-17(20)19-9-5-7-16(11-19)13(2)18/h10,13,16H,4-9,11,18H2,1-3H3/t13-,16+/m0/s1. The van der Waals surface area contributed by atoms with E-state index >= 15 is 0 Å². The zero-order valence-electron chi connectivity index (χ0n) is 13.5. The van der Waals surface area contributed by atoms with Crippen LogP contribution in [0.1, 0.15) is 47.9 Å². The zero-order valence-corrected chi connectivity index (χ0v) is 14.3. The summed E-state index contributed by atoms with van der Waals surface area (Å²) in [4.78, 5) is 17.1. The summed E-state index contributed by atoms with van der Waals surface area (Å²) in [5.74, 6) is 0.787. The Morgan fingerprint density at radius 1 is 1.52 bits per heavy atom. The van der Waals surface area contributed by atoms with Crippen molar-refractivity contribution in [2.24, 2.45) is 11.7 Å². The minimum atomic E-state index is 0.192. The summed E-state index contributed by atoms with van der Waals surface area (Å²) < 4.78 is 0. The summed E-state index contributed by atoms with van der Waals surface area (Å²) in [5, 5.41) is 0. The van der Waals surface area contributed by atoms with Crippen LogP contribution in [0.5, 0.6) is 0 Å². The number of likely N-dealkylation sites (tertiary alicyclic amines) is 1. The van der Waals surface area contributed by atoms with E-state index in [1.54, 1.807) is 0 Å². The molecule has 2 heterocycles. The zero-order chi connectivity index (χ0) is 15.4. The summed E-state index contributed by atoms with van der Waals surface area (Å²) in [7, 11) is 0. The molecule has 3 nitrogen and oxygen atoms in total. The molecule has 2 atom stereocenters. The lowest BCUT2D eigenvalue weighted by molar-refractivity contribution is -0.133. The highest BCUT2D eigenvalue weighted by Gasteiger charge is 2.25. The van der Waals surface area contributed by atoms with E-state index in [0.717, 1.165) is 38.8 Å². The molecule has 1 aliphatic rings. The first-order chi connectivity index (χ1) is 9.97. The Balaban J connectivity index is 1.78. The summed E-state index contributed by atoms with van der Waals surface area (Å²) in [5.41, 5.74) is 7.40. The minimum Gasteiger partial charge on any atom is -0.342 e. The highest BCUT2D eigenvalue weighted by molar-refractivity contribution is 7.12. The number of thiophene rings is 1. The van der Waals surface area contributed by atoms with E-state index in [2.05, 4.69) is 26.8 Å². The van der Waals surface area contributed by atoms with E-state index in [1.807, 2.05) is 16.2 Å². The summed E-state index contributed by atoms with van der Waals surface area (Å²) in [6.45, 7) is 8.15. The maximum atomic E-state index is 12.3. The maximum Gasteiger partial charge on any atom is 0.222 e. The molecule has 4 heteroatoms. The predicted octanol–water partition coefficient (Wildman–Crippen LogP) is 3.27. The van der Waals surface area contributed by atoms with Crippen LogP contribution in [0.2, 0.25) is 0 Å².